The minimum absolute atomic E-state index is 0.0647. The molecule has 0 fully saturated rings. The maximum atomic E-state index is 11.7. The zero-order valence-corrected chi connectivity index (χ0v) is 11.9. The fourth-order valence-corrected chi connectivity index (χ4v) is 3.52. The van der Waals surface area contributed by atoms with E-state index in [9.17, 15) is 4.79 Å². The molecule has 1 aromatic heterocycles. The molecule has 1 N–H and O–H groups in total. The van der Waals surface area contributed by atoms with Crippen LogP contribution in [0.5, 0.6) is 0 Å². The van der Waals surface area contributed by atoms with Crippen LogP contribution >= 0.6 is 11.5 Å². The highest BCUT2D eigenvalue weighted by molar-refractivity contribution is 7.10. The van der Waals surface area contributed by atoms with Crippen LogP contribution < -0.4 is 5.32 Å². The molecule has 0 amide bonds. The highest BCUT2D eigenvalue weighted by Crippen LogP contribution is 2.31. The molecule has 0 atom stereocenters. The fourth-order valence-electron chi connectivity index (χ4n) is 2.65. The summed E-state index contributed by atoms with van der Waals surface area (Å²) in [6, 6.07) is 6.47. The normalized spacial score (nSPS) is 13.4. The third-order valence-corrected chi connectivity index (χ3v) is 4.43. The molecule has 1 heterocycles. The Labute approximate surface area is 116 Å². The summed E-state index contributed by atoms with van der Waals surface area (Å²) in [7, 11) is 0. The van der Waals surface area contributed by atoms with E-state index < -0.39 is 0 Å². The summed E-state index contributed by atoms with van der Waals surface area (Å²) in [5.74, 6) is 0.0647. The summed E-state index contributed by atoms with van der Waals surface area (Å²) in [5.41, 5.74) is 5.45. The number of nitrogens with one attached hydrogen (secondary N) is 1. The van der Waals surface area contributed by atoms with Gasteiger partial charge in [0, 0.05) is 5.69 Å². The number of carbonyl (C=O) groups is 1. The zero-order valence-electron chi connectivity index (χ0n) is 11.1. The Bertz CT molecular complexity index is 646. The highest BCUT2D eigenvalue weighted by Gasteiger charge is 2.16. The van der Waals surface area contributed by atoms with E-state index in [1.807, 2.05) is 6.92 Å². The smallest absolute Gasteiger partial charge is 0.164 e. The molecule has 1 aromatic carbocycles. The third kappa shape index (κ3) is 2.28. The zero-order chi connectivity index (χ0) is 13.4. The van der Waals surface area contributed by atoms with Gasteiger partial charge in [-0.25, -0.2) is 0 Å². The van der Waals surface area contributed by atoms with E-state index in [-0.39, 0.29) is 5.78 Å². The van der Waals surface area contributed by atoms with E-state index >= 15 is 0 Å². The molecule has 0 saturated carbocycles. The van der Waals surface area contributed by atoms with Gasteiger partial charge in [0.15, 0.2) is 5.78 Å². The number of ketones is 1. The first kappa shape index (κ1) is 12.4. The van der Waals surface area contributed by atoms with Crippen molar-refractivity contribution >= 4 is 28.0 Å². The molecule has 0 saturated heterocycles. The lowest BCUT2D eigenvalue weighted by atomic mass is 10.1. The molecule has 1 aliphatic carbocycles. The first-order chi connectivity index (χ1) is 9.15. The molecule has 0 aliphatic heterocycles. The molecule has 98 valence electrons. The number of fused-ring (bicyclic) bond motifs is 1. The first-order valence-corrected chi connectivity index (χ1v) is 7.28. The maximum Gasteiger partial charge on any atom is 0.164 e. The molecule has 3 nitrogen and oxygen atoms in total. The van der Waals surface area contributed by atoms with E-state index in [2.05, 4.69) is 27.9 Å². The average molecular weight is 272 g/mol. The molecular formula is C15H16N2OS. The van der Waals surface area contributed by atoms with Gasteiger partial charge in [-0.1, -0.05) is 6.07 Å². The van der Waals surface area contributed by atoms with Crippen LogP contribution in [0.1, 0.15) is 40.5 Å². The Morgan fingerprint density at radius 1 is 1.32 bits per heavy atom. The van der Waals surface area contributed by atoms with Crippen molar-refractivity contribution in [3.8, 4) is 0 Å². The molecule has 2 aromatic rings. The van der Waals surface area contributed by atoms with E-state index in [0.717, 1.165) is 22.8 Å². The van der Waals surface area contributed by atoms with Gasteiger partial charge in [-0.15, -0.1) is 0 Å². The summed E-state index contributed by atoms with van der Waals surface area (Å²) in [6.07, 6.45) is 3.59. The Hall–Kier alpha value is -1.68. The van der Waals surface area contributed by atoms with Gasteiger partial charge in [0.1, 0.15) is 5.00 Å². The van der Waals surface area contributed by atoms with Gasteiger partial charge in [-0.3, -0.25) is 4.79 Å². The van der Waals surface area contributed by atoms with Crippen molar-refractivity contribution in [1.82, 2.24) is 4.37 Å². The predicted molar refractivity (Wildman–Crippen MR) is 78.6 cm³/mol. The van der Waals surface area contributed by atoms with Crippen LogP contribution in [0, 0.1) is 6.92 Å². The van der Waals surface area contributed by atoms with Crippen LogP contribution in [-0.4, -0.2) is 10.2 Å². The van der Waals surface area contributed by atoms with Gasteiger partial charge in [0.2, 0.25) is 0 Å². The van der Waals surface area contributed by atoms with Gasteiger partial charge < -0.3 is 5.32 Å². The fraction of sp³-hybridized carbons (Fsp3) is 0.333. The van der Waals surface area contributed by atoms with Crippen LogP contribution in [0.15, 0.2) is 18.2 Å². The molecular weight excluding hydrogens is 256 g/mol. The number of Topliss-reactive ketones (excluding diaryl/α,β-unsaturated/α-hetero) is 1. The van der Waals surface area contributed by atoms with Crippen molar-refractivity contribution in [3.63, 3.8) is 0 Å². The Morgan fingerprint density at radius 2 is 2.11 bits per heavy atom. The number of aromatic nitrogens is 1. The van der Waals surface area contributed by atoms with Crippen LogP contribution in [0.25, 0.3) is 0 Å². The quantitative estimate of drug-likeness (QED) is 0.862. The Balaban J connectivity index is 1.91. The lowest BCUT2D eigenvalue weighted by Gasteiger charge is -2.07. The van der Waals surface area contributed by atoms with Gasteiger partial charge >= 0.3 is 0 Å². The number of nitrogens with zero attached hydrogens (tertiary/aromatic N) is 1. The number of carbonyl (C=O) groups excluding carboxylic acids is 1. The second-order valence-corrected chi connectivity index (χ2v) is 5.76. The summed E-state index contributed by atoms with van der Waals surface area (Å²) in [6.45, 7) is 3.46. The summed E-state index contributed by atoms with van der Waals surface area (Å²) in [5, 5.41) is 4.19. The molecule has 19 heavy (non-hydrogen) atoms. The molecule has 0 unspecified atom stereocenters. The average Bonchev–Trinajstić information content (AvgIpc) is 2.95. The van der Waals surface area contributed by atoms with E-state index in [4.69, 9.17) is 0 Å². The Kier molecular flexibility index (Phi) is 3.11. The minimum atomic E-state index is 0.0647. The van der Waals surface area contributed by atoms with Crippen molar-refractivity contribution < 1.29 is 4.79 Å². The van der Waals surface area contributed by atoms with Crippen molar-refractivity contribution in [2.45, 2.75) is 33.1 Å². The molecule has 0 bridgehead atoms. The van der Waals surface area contributed by atoms with Crippen molar-refractivity contribution in [2.75, 3.05) is 5.32 Å². The summed E-state index contributed by atoms with van der Waals surface area (Å²) < 4.78 is 4.26. The van der Waals surface area contributed by atoms with E-state index in [1.54, 1.807) is 6.92 Å². The summed E-state index contributed by atoms with van der Waals surface area (Å²) >= 11 is 1.35. The molecule has 0 radical (unpaired) electrons. The summed E-state index contributed by atoms with van der Waals surface area (Å²) in [4.78, 5) is 11.7. The first-order valence-electron chi connectivity index (χ1n) is 6.51. The van der Waals surface area contributed by atoms with Crippen LogP contribution in [0.2, 0.25) is 0 Å². The van der Waals surface area contributed by atoms with Gasteiger partial charge in [-0.05, 0) is 67.9 Å². The number of hydrogen-bond donors (Lipinski definition) is 1. The SMILES string of the molecule is CC(=O)c1c(C)nsc1Nc1ccc2c(c1)CCC2. The number of benzene rings is 1. The largest absolute Gasteiger partial charge is 0.345 e. The number of aryl methyl sites for hydroxylation is 3. The topological polar surface area (TPSA) is 42.0 Å². The lowest BCUT2D eigenvalue weighted by molar-refractivity contribution is 0.101. The van der Waals surface area contributed by atoms with E-state index in [0.29, 0.717) is 5.56 Å². The highest BCUT2D eigenvalue weighted by atomic mass is 32.1. The van der Waals surface area contributed by atoms with Gasteiger partial charge in [0.25, 0.3) is 0 Å². The molecule has 0 spiro atoms. The molecule has 4 heteroatoms. The van der Waals surface area contributed by atoms with Crippen molar-refractivity contribution in [3.05, 3.63) is 40.6 Å². The van der Waals surface area contributed by atoms with Crippen molar-refractivity contribution in [2.24, 2.45) is 0 Å². The Morgan fingerprint density at radius 3 is 2.89 bits per heavy atom. The maximum absolute atomic E-state index is 11.7. The standard InChI is InChI=1S/C15H16N2OS/c1-9-14(10(2)18)15(19-17-9)16-13-7-6-11-4-3-5-12(11)8-13/h6-8,16H,3-5H2,1-2H3. The number of hydrogen-bond acceptors (Lipinski definition) is 4. The molecule has 1 aliphatic rings. The third-order valence-electron chi connectivity index (χ3n) is 3.57. The van der Waals surface area contributed by atoms with E-state index in [1.165, 1.54) is 35.5 Å². The minimum Gasteiger partial charge on any atom is -0.345 e. The van der Waals surface area contributed by atoms with Gasteiger partial charge in [0.05, 0.1) is 11.3 Å². The van der Waals surface area contributed by atoms with Crippen LogP contribution in [0.3, 0.4) is 0 Å². The number of rotatable bonds is 3. The van der Waals surface area contributed by atoms with Crippen molar-refractivity contribution in [1.29, 1.82) is 0 Å². The predicted octanol–water partition coefficient (Wildman–Crippen LogP) is 3.89. The lowest BCUT2D eigenvalue weighted by Crippen LogP contribution is -1.99. The second kappa shape index (κ2) is 4.78. The second-order valence-electron chi connectivity index (χ2n) is 4.99. The monoisotopic (exact) mass is 272 g/mol. The van der Waals surface area contributed by atoms with Crippen LogP contribution in [-0.2, 0) is 12.8 Å². The number of anilines is 2. The van der Waals surface area contributed by atoms with Crippen LogP contribution in [0.4, 0.5) is 10.7 Å². The molecule has 3 rings (SSSR count). The van der Waals surface area contributed by atoms with Gasteiger partial charge in [-0.2, -0.15) is 4.37 Å².